The van der Waals surface area contributed by atoms with Gasteiger partial charge in [-0.3, -0.25) is 14.6 Å². The van der Waals surface area contributed by atoms with Crippen LogP contribution in [0.5, 0.6) is 0 Å². The monoisotopic (exact) mass is 327 g/mol. The Morgan fingerprint density at radius 2 is 2.12 bits per heavy atom. The molecule has 6 nitrogen and oxygen atoms in total. The molecule has 2 aromatic rings. The van der Waals surface area contributed by atoms with Gasteiger partial charge in [0.1, 0.15) is 6.61 Å². The fraction of sp³-hybridized carbons (Fsp3) is 0.389. The minimum atomic E-state index is -0.101. The maximum atomic E-state index is 12.3. The number of methoxy groups -OCH3 is 1. The third-order valence-electron chi connectivity index (χ3n) is 4.32. The van der Waals surface area contributed by atoms with Crippen LogP contribution in [0, 0.1) is 0 Å². The Bertz CT molecular complexity index is 771. The van der Waals surface area contributed by atoms with Crippen LogP contribution in [0.3, 0.4) is 0 Å². The normalized spacial score (nSPS) is 16.5. The Balaban J connectivity index is 1.80. The molecule has 24 heavy (non-hydrogen) atoms. The number of fused-ring (bicyclic) bond motifs is 1. The Kier molecular flexibility index (Phi) is 5.05. The Morgan fingerprint density at radius 1 is 1.33 bits per heavy atom. The molecule has 2 aromatic heterocycles. The second-order valence-corrected chi connectivity index (χ2v) is 6.03. The average molecular weight is 327 g/mol. The molecule has 0 radical (unpaired) electrons. The second kappa shape index (κ2) is 7.40. The first-order chi connectivity index (χ1) is 11.7. The summed E-state index contributed by atoms with van der Waals surface area (Å²) in [6.07, 6.45) is 5.80. The van der Waals surface area contributed by atoms with E-state index >= 15 is 0 Å². The number of ether oxygens (including phenoxy) is 1. The lowest BCUT2D eigenvalue weighted by molar-refractivity contribution is -0.125. The van der Waals surface area contributed by atoms with Crippen molar-refractivity contribution in [2.24, 2.45) is 0 Å². The van der Waals surface area contributed by atoms with E-state index in [9.17, 15) is 9.59 Å². The van der Waals surface area contributed by atoms with E-state index in [-0.39, 0.29) is 24.1 Å². The minimum Gasteiger partial charge on any atom is -0.375 e. The maximum Gasteiger partial charge on any atom is 0.251 e. The van der Waals surface area contributed by atoms with Gasteiger partial charge in [-0.25, -0.2) is 0 Å². The number of amides is 1. The lowest BCUT2D eigenvalue weighted by atomic mass is 9.91. The van der Waals surface area contributed by atoms with Crippen LogP contribution < -0.4 is 10.9 Å². The van der Waals surface area contributed by atoms with E-state index in [4.69, 9.17) is 4.74 Å². The van der Waals surface area contributed by atoms with Gasteiger partial charge in [-0.15, -0.1) is 0 Å². The van der Waals surface area contributed by atoms with Crippen LogP contribution in [-0.4, -0.2) is 35.2 Å². The first-order valence-electron chi connectivity index (χ1n) is 8.06. The molecular weight excluding hydrogens is 306 g/mol. The zero-order chi connectivity index (χ0) is 16.9. The van der Waals surface area contributed by atoms with Crippen molar-refractivity contribution in [3.05, 3.63) is 63.8 Å². The van der Waals surface area contributed by atoms with Crippen LogP contribution in [-0.2, 0) is 28.9 Å². The van der Waals surface area contributed by atoms with Crippen molar-refractivity contribution in [3.63, 3.8) is 0 Å². The summed E-state index contributed by atoms with van der Waals surface area (Å²) < 4.78 is 6.68. The highest BCUT2D eigenvalue weighted by atomic mass is 16.5. The molecule has 0 saturated carbocycles. The molecule has 3 rings (SSSR count). The molecule has 0 fully saturated rings. The van der Waals surface area contributed by atoms with Crippen LogP contribution in [0.15, 0.2) is 41.5 Å². The number of nitrogens with one attached hydrogen (secondary N) is 1. The quantitative estimate of drug-likeness (QED) is 0.886. The Hall–Kier alpha value is -2.47. The smallest absolute Gasteiger partial charge is 0.251 e. The van der Waals surface area contributed by atoms with E-state index in [2.05, 4.69) is 10.3 Å². The average Bonchev–Trinajstić information content (AvgIpc) is 2.58. The van der Waals surface area contributed by atoms with Crippen molar-refractivity contribution >= 4 is 5.91 Å². The van der Waals surface area contributed by atoms with Crippen molar-refractivity contribution in [3.8, 4) is 0 Å². The molecule has 0 aromatic carbocycles. The summed E-state index contributed by atoms with van der Waals surface area (Å²) in [4.78, 5) is 28.0. The number of carbonyl (C=O) groups is 1. The van der Waals surface area contributed by atoms with Crippen molar-refractivity contribution < 1.29 is 9.53 Å². The van der Waals surface area contributed by atoms with Crippen molar-refractivity contribution in [1.29, 1.82) is 0 Å². The lowest BCUT2D eigenvalue weighted by Gasteiger charge is -2.27. The van der Waals surface area contributed by atoms with Crippen LogP contribution in [0.1, 0.15) is 23.2 Å². The highest BCUT2D eigenvalue weighted by Gasteiger charge is 2.22. The van der Waals surface area contributed by atoms with Crippen LogP contribution >= 0.6 is 0 Å². The molecule has 1 unspecified atom stereocenters. The van der Waals surface area contributed by atoms with Crippen molar-refractivity contribution in [2.75, 3.05) is 13.7 Å². The molecule has 1 aliphatic carbocycles. The van der Waals surface area contributed by atoms with Crippen molar-refractivity contribution in [2.45, 2.75) is 31.8 Å². The van der Waals surface area contributed by atoms with Crippen molar-refractivity contribution in [1.82, 2.24) is 14.9 Å². The highest BCUT2D eigenvalue weighted by molar-refractivity contribution is 5.77. The van der Waals surface area contributed by atoms with Crippen LogP contribution in [0.4, 0.5) is 0 Å². The molecule has 0 aliphatic heterocycles. The highest BCUT2D eigenvalue weighted by Crippen LogP contribution is 2.21. The molecule has 1 N–H and O–H groups in total. The standard InChI is InChI=1S/C18H21N3O3/c1-24-12-17(22)20-15-3-4-16-14(10-15)2-5-18(23)21(16)11-13-6-8-19-9-7-13/h2,5-9,15H,3-4,10-12H2,1H3,(H,20,22). The molecule has 0 bridgehead atoms. The van der Waals surface area contributed by atoms with Gasteiger partial charge in [0, 0.05) is 37.3 Å². The number of rotatable bonds is 5. The van der Waals surface area contributed by atoms with E-state index in [0.717, 1.165) is 36.1 Å². The number of aromatic nitrogens is 2. The molecule has 1 atom stereocenters. The molecule has 1 amide bonds. The number of hydrogen-bond donors (Lipinski definition) is 1. The van der Waals surface area contributed by atoms with Gasteiger partial charge in [-0.05, 0) is 42.5 Å². The fourth-order valence-electron chi connectivity index (χ4n) is 3.19. The lowest BCUT2D eigenvalue weighted by Crippen LogP contribution is -2.42. The number of pyridine rings is 2. The van der Waals surface area contributed by atoms with Gasteiger partial charge >= 0.3 is 0 Å². The molecule has 1 aliphatic rings. The first-order valence-corrected chi connectivity index (χ1v) is 8.06. The third-order valence-corrected chi connectivity index (χ3v) is 4.32. The van der Waals surface area contributed by atoms with Gasteiger partial charge in [0.2, 0.25) is 5.91 Å². The first kappa shape index (κ1) is 16.4. The molecule has 6 heteroatoms. The number of carbonyl (C=O) groups excluding carboxylic acids is 1. The summed E-state index contributed by atoms with van der Waals surface area (Å²) in [6.45, 7) is 0.621. The molecule has 0 spiro atoms. The van der Waals surface area contributed by atoms with Crippen LogP contribution in [0.2, 0.25) is 0 Å². The summed E-state index contributed by atoms with van der Waals surface area (Å²) >= 11 is 0. The zero-order valence-corrected chi connectivity index (χ0v) is 13.7. The van der Waals surface area contributed by atoms with E-state index in [0.29, 0.717) is 6.54 Å². The molecule has 0 saturated heterocycles. The summed E-state index contributed by atoms with van der Waals surface area (Å²) in [5.41, 5.74) is 3.25. The SMILES string of the molecule is COCC(=O)NC1CCc2c(ccc(=O)n2Cc2ccncc2)C1. The topological polar surface area (TPSA) is 73.2 Å². The summed E-state index contributed by atoms with van der Waals surface area (Å²) in [5, 5.41) is 2.98. The van der Waals surface area contributed by atoms with Crippen LogP contribution in [0.25, 0.3) is 0 Å². The maximum absolute atomic E-state index is 12.3. The van der Waals surface area contributed by atoms with Gasteiger partial charge in [0.25, 0.3) is 5.56 Å². The Morgan fingerprint density at radius 3 is 2.88 bits per heavy atom. The number of hydrogen-bond acceptors (Lipinski definition) is 4. The Labute approximate surface area is 140 Å². The van der Waals surface area contributed by atoms with Gasteiger partial charge in [0.05, 0.1) is 6.54 Å². The van der Waals surface area contributed by atoms with Gasteiger partial charge in [-0.2, -0.15) is 0 Å². The molecule has 2 heterocycles. The molecular formula is C18H21N3O3. The minimum absolute atomic E-state index is 0.00688. The molecule has 126 valence electrons. The summed E-state index contributed by atoms with van der Waals surface area (Å²) in [7, 11) is 1.51. The van der Waals surface area contributed by atoms with Gasteiger partial charge in [0.15, 0.2) is 0 Å². The fourth-order valence-corrected chi connectivity index (χ4v) is 3.19. The van der Waals surface area contributed by atoms with E-state index in [1.165, 1.54) is 7.11 Å². The largest absolute Gasteiger partial charge is 0.375 e. The predicted molar refractivity (Wildman–Crippen MR) is 89.9 cm³/mol. The van der Waals surface area contributed by atoms with Gasteiger partial charge in [-0.1, -0.05) is 6.07 Å². The van der Waals surface area contributed by atoms with E-state index in [1.54, 1.807) is 18.5 Å². The summed E-state index contributed by atoms with van der Waals surface area (Å²) in [6, 6.07) is 7.42. The second-order valence-electron chi connectivity index (χ2n) is 6.03. The van der Waals surface area contributed by atoms with E-state index < -0.39 is 0 Å². The number of nitrogens with zero attached hydrogens (tertiary/aromatic N) is 2. The van der Waals surface area contributed by atoms with E-state index in [1.807, 2.05) is 22.8 Å². The van der Waals surface area contributed by atoms with Gasteiger partial charge < -0.3 is 14.6 Å². The zero-order valence-electron chi connectivity index (χ0n) is 13.7. The summed E-state index contributed by atoms with van der Waals surface area (Å²) in [5.74, 6) is -0.101. The third kappa shape index (κ3) is 3.71. The predicted octanol–water partition coefficient (Wildman–Crippen LogP) is 0.911.